The van der Waals surface area contributed by atoms with Crippen LogP contribution in [0.2, 0.25) is 0 Å². The highest BCUT2D eigenvalue weighted by Crippen LogP contribution is 2.30. The first-order valence-corrected chi connectivity index (χ1v) is 5.46. The molecule has 2 aliphatic rings. The predicted octanol–water partition coefficient (Wildman–Crippen LogP) is -0.360. The summed E-state index contributed by atoms with van der Waals surface area (Å²) < 4.78 is 0. The third kappa shape index (κ3) is 1.91. The Kier molecular flexibility index (Phi) is 2.74. The Hall–Kier alpha value is -0.610. The fraction of sp³-hybridized carbons (Fsp3) is 0.900. The summed E-state index contributed by atoms with van der Waals surface area (Å²) in [5, 5.41) is 0. The third-order valence-electron chi connectivity index (χ3n) is 3.03. The van der Waals surface area contributed by atoms with Gasteiger partial charge in [0.2, 0.25) is 5.91 Å². The highest BCUT2D eigenvalue weighted by atomic mass is 16.2. The van der Waals surface area contributed by atoms with E-state index in [0.717, 1.165) is 13.1 Å². The average molecular weight is 197 g/mol. The Bertz CT molecular complexity index is 227. The Balaban J connectivity index is 1.95. The van der Waals surface area contributed by atoms with Gasteiger partial charge < -0.3 is 10.6 Å². The van der Waals surface area contributed by atoms with E-state index in [4.69, 9.17) is 5.73 Å². The molecular formula is C10H19N3O. The van der Waals surface area contributed by atoms with Gasteiger partial charge in [-0.15, -0.1) is 0 Å². The van der Waals surface area contributed by atoms with E-state index in [2.05, 4.69) is 16.7 Å². The van der Waals surface area contributed by atoms with Gasteiger partial charge in [-0.25, -0.2) is 0 Å². The molecule has 1 unspecified atom stereocenters. The van der Waals surface area contributed by atoms with Gasteiger partial charge in [0.15, 0.2) is 0 Å². The van der Waals surface area contributed by atoms with Crippen LogP contribution >= 0.6 is 0 Å². The van der Waals surface area contributed by atoms with Crippen LogP contribution < -0.4 is 5.73 Å². The zero-order valence-corrected chi connectivity index (χ0v) is 8.78. The number of hydrogen-bond acceptors (Lipinski definition) is 3. The summed E-state index contributed by atoms with van der Waals surface area (Å²) >= 11 is 0. The lowest BCUT2D eigenvalue weighted by atomic mass is 10.2. The summed E-state index contributed by atoms with van der Waals surface area (Å²) in [6, 6.07) is 0.924. The van der Waals surface area contributed by atoms with E-state index in [1.165, 1.54) is 12.8 Å². The van der Waals surface area contributed by atoms with E-state index in [9.17, 15) is 4.79 Å². The van der Waals surface area contributed by atoms with Crippen molar-refractivity contribution < 1.29 is 4.79 Å². The van der Waals surface area contributed by atoms with Crippen LogP contribution in [-0.2, 0) is 4.79 Å². The number of rotatable bonds is 3. The van der Waals surface area contributed by atoms with Crippen molar-refractivity contribution in [3.63, 3.8) is 0 Å². The smallest absolute Gasteiger partial charge is 0.237 e. The Morgan fingerprint density at radius 1 is 1.50 bits per heavy atom. The van der Waals surface area contributed by atoms with E-state index in [0.29, 0.717) is 31.1 Å². The molecule has 1 aliphatic carbocycles. The zero-order valence-electron chi connectivity index (χ0n) is 8.78. The maximum Gasteiger partial charge on any atom is 0.237 e. The molecule has 1 atom stereocenters. The lowest BCUT2D eigenvalue weighted by Crippen LogP contribution is -2.56. The van der Waals surface area contributed by atoms with Crippen molar-refractivity contribution in [2.24, 2.45) is 5.73 Å². The molecule has 4 nitrogen and oxygen atoms in total. The van der Waals surface area contributed by atoms with Crippen LogP contribution in [-0.4, -0.2) is 54.0 Å². The first-order chi connectivity index (χ1) is 6.72. The summed E-state index contributed by atoms with van der Waals surface area (Å²) in [7, 11) is 0. The number of carbonyl (C=O) groups excluding carboxylic acids is 1. The topological polar surface area (TPSA) is 49.6 Å². The molecule has 1 saturated carbocycles. The molecule has 1 aliphatic heterocycles. The van der Waals surface area contributed by atoms with Gasteiger partial charge in [-0.05, 0) is 19.8 Å². The molecule has 1 amide bonds. The number of nitrogens with zero attached hydrogens (tertiary/aromatic N) is 2. The number of piperazine rings is 1. The molecule has 0 radical (unpaired) electrons. The van der Waals surface area contributed by atoms with Gasteiger partial charge in [0.1, 0.15) is 0 Å². The summed E-state index contributed by atoms with van der Waals surface area (Å²) in [5.74, 6) is 0.291. The SMILES string of the molecule is CC1CN(CCN)CC(=O)N1C1CC1. The molecule has 0 bridgehead atoms. The average Bonchev–Trinajstić information content (AvgIpc) is 2.87. The molecule has 2 N–H and O–H groups in total. The molecule has 2 fully saturated rings. The summed E-state index contributed by atoms with van der Waals surface area (Å²) in [6.07, 6.45) is 2.40. The molecule has 1 heterocycles. The predicted molar refractivity (Wildman–Crippen MR) is 54.8 cm³/mol. The largest absolute Gasteiger partial charge is 0.335 e. The minimum atomic E-state index is 0.291. The van der Waals surface area contributed by atoms with Gasteiger partial charge in [-0.1, -0.05) is 0 Å². The Morgan fingerprint density at radius 2 is 2.21 bits per heavy atom. The van der Waals surface area contributed by atoms with Gasteiger partial charge in [0, 0.05) is 31.7 Å². The van der Waals surface area contributed by atoms with Gasteiger partial charge in [0.25, 0.3) is 0 Å². The first-order valence-electron chi connectivity index (χ1n) is 5.46. The second-order valence-corrected chi connectivity index (χ2v) is 4.40. The molecule has 0 spiro atoms. The Labute approximate surface area is 85.0 Å². The summed E-state index contributed by atoms with van der Waals surface area (Å²) in [5.41, 5.74) is 5.49. The first kappa shape index (κ1) is 9.93. The third-order valence-corrected chi connectivity index (χ3v) is 3.03. The van der Waals surface area contributed by atoms with E-state index in [-0.39, 0.29) is 0 Å². The van der Waals surface area contributed by atoms with Crippen molar-refractivity contribution in [2.45, 2.75) is 31.8 Å². The molecule has 0 aromatic heterocycles. The van der Waals surface area contributed by atoms with Crippen molar-refractivity contribution in [3.05, 3.63) is 0 Å². The Morgan fingerprint density at radius 3 is 2.71 bits per heavy atom. The van der Waals surface area contributed by atoms with Crippen LogP contribution in [0.4, 0.5) is 0 Å². The maximum atomic E-state index is 11.8. The molecule has 4 heteroatoms. The minimum Gasteiger partial charge on any atom is -0.335 e. The number of amides is 1. The van der Waals surface area contributed by atoms with Crippen LogP contribution in [0.1, 0.15) is 19.8 Å². The number of carbonyl (C=O) groups is 1. The van der Waals surface area contributed by atoms with Crippen molar-refractivity contribution >= 4 is 5.91 Å². The molecule has 0 aromatic rings. The van der Waals surface area contributed by atoms with Gasteiger partial charge in [-0.3, -0.25) is 9.69 Å². The molecule has 0 aromatic carbocycles. The highest BCUT2D eigenvalue weighted by molar-refractivity contribution is 5.80. The van der Waals surface area contributed by atoms with Crippen LogP contribution in [0.5, 0.6) is 0 Å². The fourth-order valence-corrected chi connectivity index (χ4v) is 2.31. The van der Waals surface area contributed by atoms with Crippen LogP contribution in [0.3, 0.4) is 0 Å². The number of nitrogens with two attached hydrogens (primary N) is 1. The van der Waals surface area contributed by atoms with Crippen LogP contribution in [0.25, 0.3) is 0 Å². The monoisotopic (exact) mass is 197 g/mol. The molecule has 80 valence electrons. The molecule has 2 rings (SSSR count). The normalized spacial score (nSPS) is 29.7. The minimum absolute atomic E-state index is 0.291. The van der Waals surface area contributed by atoms with E-state index in [1.807, 2.05) is 0 Å². The summed E-state index contributed by atoms with van der Waals surface area (Å²) in [6.45, 7) is 5.17. The van der Waals surface area contributed by atoms with Crippen molar-refractivity contribution in [1.82, 2.24) is 9.80 Å². The quantitative estimate of drug-likeness (QED) is 0.672. The maximum absolute atomic E-state index is 11.8. The van der Waals surface area contributed by atoms with E-state index < -0.39 is 0 Å². The second kappa shape index (κ2) is 3.87. The highest BCUT2D eigenvalue weighted by Gasteiger charge is 2.39. The van der Waals surface area contributed by atoms with Crippen molar-refractivity contribution in [1.29, 1.82) is 0 Å². The van der Waals surface area contributed by atoms with Crippen LogP contribution in [0.15, 0.2) is 0 Å². The molecule has 1 saturated heterocycles. The fourth-order valence-electron chi connectivity index (χ4n) is 2.31. The van der Waals surface area contributed by atoms with Gasteiger partial charge in [0.05, 0.1) is 6.54 Å². The number of hydrogen-bond donors (Lipinski definition) is 1. The molecular weight excluding hydrogens is 178 g/mol. The molecule has 14 heavy (non-hydrogen) atoms. The zero-order chi connectivity index (χ0) is 10.1. The van der Waals surface area contributed by atoms with Crippen LogP contribution in [0, 0.1) is 0 Å². The van der Waals surface area contributed by atoms with Crippen molar-refractivity contribution in [2.75, 3.05) is 26.2 Å². The van der Waals surface area contributed by atoms with E-state index in [1.54, 1.807) is 0 Å². The second-order valence-electron chi connectivity index (χ2n) is 4.40. The lowest BCUT2D eigenvalue weighted by Gasteiger charge is -2.39. The van der Waals surface area contributed by atoms with Gasteiger partial charge >= 0.3 is 0 Å². The summed E-state index contributed by atoms with van der Waals surface area (Å²) in [4.78, 5) is 16.0. The lowest BCUT2D eigenvalue weighted by molar-refractivity contribution is -0.139. The standard InChI is InChI=1S/C10H19N3O/c1-8-6-12(5-4-11)7-10(14)13(8)9-2-3-9/h8-9H,2-7,11H2,1H3. The van der Waals surface area contributed by atoms with E-state index >= 15 is 0 Å². The van der Waals surface area contributed by atoms with Crippen molar-refractivity contribution in [3.8, 4) is 0 Å². The van der Waals surface area contributed by atoms with Gasteiger partial charge in [-0.2, -0.15) is 0 Å².